The monoisotopic (exact) mass is 460 g/mol. The van der Waals surface area contributed by atoms with E-state index < -0.39 is 11.9 Å². The Labute approximate surface area is 165 Å². The third kappa shape index (κ3) is 6.00. The Bertz CT molecular complexity index is 689. The molecule has 0 aliphatic carbocycles. The van der Waals surface area contributed by atoms with Gasteiger partial charge in [-0.15, -0.1) is 24.0 Å². The maximum atomic E-state index is 13.7. The fourth-order valence-corrected chi connectivity index (χ4v) is 2.46. The Hall–Kier alpha value is -1.61. The minimum atomic E-state index is -0.969. The Morgan fingerprint density at radius 1 is 1.32 bits per heavy atom. The van der Waals surface area contributed by atoms with E-state index in [0.29, 0.717) is 19.0 Å². The van der Waals surface area contributed by atoms with Gasteiger partial charge in [0.1, 0.15) is 11.9 Å². The van der Waals surface area contributed by atoms with Crippen LogP contribution >= 0.6 is 24.0 Å². The van der Waals surface area contributed by atoms with E-state index in [0.717, 1.165) is 5.69 Å². The van der Waals surface area contributed by atoms with Gasteiger partial charge in [-0.05, 0) is 25.1 Å². The summed E-state index contributed by atoms with van der Waals surface area (Å²) < 4.78 is 15.8. The van der Waals surface area contributed by atoms with Crippen molar-refractivity contribution < 1.29 is 9.50 Å². The average molecular weight is 460 g/mol. The molecule has 0 bridgehead atoms. The second-order valence-corrected chi connectivity index (χ2v) is 5.70. The van der Waals surface area contributed by atoms with Gasteiger partial charge < -0.3 is 19.9 Å². The Kier molecular flexibility index (Phi) is 8.91. The van der Waals surface area contributed by atoms with Crippen molar-refractivity contribution in [1.29, 1.82) is 0 Å². The zero-order valence-electron chi connectivity index (χ0n) is 14.8. The molecule has 5 nitrogen and oxygen atoms in total. The number of rotatable bonds is 6. The van der Waals surface area contributed by atoms with Gasteiger partial charge >= 0.3 is 0 Å². The molecule has 138 valence electrons. The number of nitrogens with zero attached hydrogens (tertiary/aromatic N) is 3. The highest BCUT2D eigenvalue weighted by molar-refractivity contribution is 14.0. The molecule has 0 aliphatic rings. The van der Waals surface area contributed by atoms with Crippen LogP contribution in [0.4, 0.5) is 4.39 Å². The number of hydrogen-bond acceptors (Lipinski definition) is 2. The van der Waals surface area contributed by atoms with E-state index in [1.54, 1.807) is 18.2 Å². The highest BCUT2D eigenvalue weighted by Crippen LogP contribution is 2.16. The zero-order valence-corrected chi connectivity index (χ0v) is 17.1. The van der Waals surface area contributed by atoms with Crippen molar-refractivity contribution in [3.8, 4) is 0 Å². The van der Waals surface area contributed by atoms with Crippen molar-refractivity contribution in [2.24, 2.45) is 12.0 Å². The minimum Gasteiger partial charge on any atom is -0.386 e. The van der Waals surface area contributed by atoms with E-state index in [1.165, 1.54) is 6.07 Å². The number of aryl methyl sites for hydroxylation is 1. The highest BCUT2D eigenvalue weighted by atomic mass is 127. The Morgan fingerprint density at radius 2 is 2.04 bits per heavy atom. The van der Waals surface area contributed by atoms with Gasteiger partial charge in [-0.3, -0.25) is 4.99 Å². The summed E-state index contributed by atoms with van der Waals surface area (Å²) in [6.45, 7) is 3.48. The van der Waals surface area contributed by atoms with Crippen LogP contribution in [0.5, 0.6) is 0 Å². The van der Waals surface area contributed by atoms with Gasteiger partial charge in [0.15, 0.2) is 5.96 Å². The van der Waals surface area contributed by atoms with Crippen molar-refractivity contribution >= 4 is 29.9 Å². The van der Waals surface area contributed by atoms with E-state index in [2.05, 4.69) is 10.3 Å². The van der Waals surface area contributed by atoms with Gasteiger partial charge in [0.05, 0.1) is 13.1 Å². The molecule has 7 heteroatoms. The number of aromatic nitrogens is 1. The van der Waals surface area contributed by atoms with Crippen LogP contribution in [0.2, 0.25) is 0 Å². The summed E-state index contributed by atoms with van der Waals surface area (Å²) in [4.78, 5) is 6.43. The largest absolute Gasteiger partial charge is 0.386 e. The molecule has 0 amide bonds. The SMILES string of the molecule is CCNC(=NCC(O)c1ccccc1F)N(C)Cc1cccn1C.I. The molecule has 1 aromatic heterocycles. The van der Waals surface area contributed by atoms with Crippen LogP contribution in [0.3, 0.4) is 0 Å². The van der Waals surface area contributed by atoms with Crippen LogP contribution in [0, 0.1) is 5.82 Å². The fraction of sp³-hybridized carbons (Fsp3) is 0.389. The number of aliphatic imine (C=N–C) groups is 1. The van der Waals surface area contributed by atoms with Crippen molar-refractivity contribution in [3.63, 3.8) is 0 Å². The summed E-state index contributed by atoms with van der Waals surface area (Å²) in [7, 11) is 3.93. The van der Waals surface area contributed by atoms with Crippen molar-refractivity contribution in [1.82, 2.24) is 14.8 Å². The molecule has 1 aromatic carbocycles. The van der Waals surface area contributed by atoms with E-state index in [4.69, 9.17) is 0 Å². The number of benzene rings is 1. The highest BCUT2D eigenvalue weighted by Gasteiger charge is 2.13. The molecule has 0 spiro atoms. The molecule has 0 aliphatic heterocycles. The molecule has 1 atom stereocenters. The quantitative estimate of drug-likeness (QED) is 0.396. The predicted octanol–water partition coefficient (Wildman–Crippen LogP) is 2.91. The fourth-order valence-electron chi connectivity index (χ4n) is 2.46. The topological polar surface area (TPSA) is 52.8 Å². The predicted molar refractivity (Wildman–Crippen MR) is 110 cm³/mol. The Morgan fingerprint density at radius 3 is 2.64 bits per heavy atom. The van der Waals surface area contributed by atoms with Gasteiger partial charge in [-0.25, -0.2) is 4.39 Å². The standard InChI is InChI=1S/C18H25FN4O.HI/c1-4-20-18(23(3)13-14-8-7-11-22(14)2)21-12-17(24)15-9-5-6-10-16(15)19;/h5-11,17,24H,4,12-13H2,1-3H3,(H,20,21);1H. The number of nitrogens with one attached hydrogen (secondary N) is 1. The lowest BCUT2D eigenvalue weighted by Crippen LogP contribution is -2.39. The van der Waals surface area contributed by atoms with Gasteiger partial charge in [-0.2, -0.15) is 0 Å². The lowest BCUT2D eigenvalue weighted by Gasteiger charge is -2.23. The lowest BCUT2D eigenvalue weighted by atomic mass is 10.1. The van der Waals surface area contributed by atoms with Gasteiger partial charge in [0.25, 0.3) is 0 Å². The summed E-state index contributed by atoms with van der Waals surface area (Å²) in [5.74, 6) is 0.261. The van der Waals surface area contributed by atoms with Crippen LogP contribution in [-0.4, -0.2) is 40.7 Å². The first-order valence-corrected chi connectivity index (χ1v) is 8.05. The minimum absolute atomic E-state index is 0. The van der Waals surface area contributed by atoms with Crippen LogP contribution in [0.25, 0.3) is 0 Å². The van der Waals surface area contributed by atoms with Crippen molar-refractivity contribution in [2.45, 2.75) is 19.6 Å². The smallest absolute Gasteiger partial charge is 0.194 e. The summed E-state index contributed by atoms with van der Waals surface area (Å²) >= 11 is 0. The number of aliphatic hydroxyl groups excluding tert-OH is 1. The summed E-state index contributed by atoms with van der Waals surface area (Å²) in [5.41, 5.74) is 1.42. The van der Waals surface area contributed by atoms with Crippen LogP contribution in [0.1, 0.15) is 24.3 Å². The molecule has 1 unspecified atom stereocenters. The summed E-state index contributed by atoms with van der Waals surface area (Å²) in [6.07, 6.45) is 1.03. The number of halogens is 2. The van der Waals surface area contributed by atoms with E-state index >= 15 is 0 Å². The van der Waals surface area contributed by atoms with Crippen LogP contribution in [0.15, 0.2) is 47.6 Å². The first-order chi connectivity index (χ1) is 11.5. The first kappa shape index (κ1) is 21.4. The number of aliphatic hydroxyl groups is 1. The van der Waals surface area contributed by atoms with Crippen LogP contribution < -0.4 is 5.32 Å². The summed E-state index contributed by atoms with van der Waals surface area (Å²) in [6, 6.07) is 10.3. The molecule has 2 aromatic rings. The second-order valence-electron chi connectivity index (χ2n) is 5.70. The maximum absolute atomic E-state index is 13.7. The molecule has 0 saturated heterocycles. The molecule has 2 rings (SSSR count). The van der Waals surface area contributed by atoms with E-state index in [1.807, 2.05) is 48.8 Å². The molecule has 2 N–H and O–H groups in total. The number of guanidine groups is 1. The van der Waals surface area contributed by atoms with Crippen molar-refractivity contribution in [3.05, 3.63) is 59.7 Å². The van der Waals surface area contributed by atoms with Crippen molar-refractivity contribution in [2.75, 3.05) is 20.1 Å². The average Bonchev–Trinajstić information content (AvgIpc) is 2.96. The molecular weight excluding hydrogens is 434 g/mol. The molecule has 0 radical (unpaired) electrons. The van der Waals surface area contributed by atoms with E-state index in [9.17, 15) is 9.50 Å². The van der Waals surface area contributed by atoms with Crippen LogP contribution in [-0.2, 0) is 13.6 Å². The lowest BCUT2D eigenvalue weighted by molar-refractivity contribution is 0.181. The van der Waals surface area contributed by atoms with Gasteiger partial charge in [0.2, 0.25) is 0 Å². The third-order valence-corrected chi connectivity index (χ3v) is 3.83. The number of hydrogen-bond donors (Lipinski definition) is 2. The normalized spacial score (nSPS) is 12.4. The molecule has 0 saturated carbocycles. The first-order valence-electron chi connectivity index (χ1n) is 8.05. The molecular formula is C18H26FIN4O. The van der Waals surface area contributed by atoms with Gasteiger partial charge in [0, 0.05) is 38.1 Å². The Balaban J connectivity index is 0.00000312. The van der Waals surface area contributed by atoms with Gasteiger partial charge in [-0.1, -0.05) is 18.2 Å². The van der Waals surface area contributed by atoms with E-state index in [-0.39, 0.29) is 36.1 Å². The molecule has 0 fully saturated rings. The zero-order chi connectivity index (χ0) is 17.5. The molecule has 25 heavy (non-hydrogen) atoms. The summed E-state index contributed by atoms with van der Waals surface area (Å²) in [5, 5.41) is 13.4. The molecule has 1 heterocycles. The third-order valence-electron chi connectivity index (χ3n) is 3.83. The maximum Gasteiger partial charge on any atom is 0.194 e. The second kappa shape index (κ2) is 10.4.